The average molecular weight is 200 g/mol. The number of hydrogen-bond acceptors (Lipinski definition) is 4. The summed E-state index contributed by atoms with van der Waals surface area (Å²) in [7, 11) is 0. The Labute approximate surface area is 81.2 Å². The SMILES string of the molecule is CCOCCN1C(=O)CC(=O)NC1=O. The van der Waals surface area contributed by atoms with E-state index in [1.807, 2.05) is 6.92 Å². The second-order valence-corrected chi connectivity index (χ2v) is 2.77. The molecule has 0 spiro atoms. The summed E-state index contributed by atoms with van der Waals surface area (Å²) in [4.78, 5) is 34.1. The molecule has 6 nitrogen and oxygen atoms in total. The summed E-state index contributed by atoms with van der Waals surface area (Å²) in [5, 5.41) is 2.06. The molecule has 0 atom stereocenters. The molecule has 1 N–H and O–H groups in total. The van der Waals surface area contributed by atoms with Crippen LogP contribution in [-0.4, -0.2) is 42.5 Å². The summed E-state index contributed by atoms with van der Waals surface area (Å²) >= 11 is 0. The highest BCUT2D eigenvalue weighted by Crippen LogP contribution is 2.01. The fraction of sp³-hybridized carbons (Fsp3) is 0.625. The first-order chi connectivity index (χ1) is 6.65. The summed E-state index contributed by atoms with van der Waals surface area (Å²) in [6.07, 6.45) is -0.266. The predicted molar refractivity (Wildman–Crippen MR) is 46.4 cm³/mol. The smallest absolute Gasteiger partial charge is 0.330 e. The van der Waals surface area contributed by atoms with Gasteiger partial charge in [-0.25, -0.2) is 4.79 Å². The molecule has 1 heterocycles. The second kappa shape index (κ2) is 4.71. The number of carbonyl (C=O) groups is 3. The van der Waals surface area contributed by atoms with E-state index >= 15 is 0 Å². The lowest BCUT2D eigenvalue weighted by Crippen LogP contribution is -2.53. The molecule has 0 aromatic rings. The second-order valence-electron chi connectivity index (χ2n) is 2.77. The Morgan fingerprint density at radius 1 is 1.43 bits per heavy atom. The molecule has 1 rings (SSSR count). The Morgan fingerprint density at radius 3 is 2.71 bits per heavy atom. The average Bonchev–Trinajstić information content (AvgIpc) is 2.09. The van der Waals surface area contributed by atoms with Gasteiger partial charge in [-0.05, 0) is 6.92 Å². The summed E-state index contributed by atoms with van der Waals surface area (Å²) < 4.78 is 5.00. The minimum absolute atomic E-state index is 0.186. The maximum atomic E-state index is 11.2. The molecule has 1 aliphatic rings. The van der Waals surface area contributed by atoms with Gasteiger partial charge in [-0.3, -0.25) is 19.8 Å². The Bertz CT molecular complexity index is 244. The monoisotopic (exact) mass is 200 g/mol. The minimum atomic E-state index is -0.661. The number of nitrogens with zero attached hydrogens (tertiary/aromatic N) is 1. The molecule has 14 heavy (non-hydrogen) atoms. The first-order valence-corrected chi connectivity index (χ1v) is 4.37. The van der Waals surface area contributed by atoms with Gasteiger partial charge in [0.25, 0.3) is 0 Å². The molecule has 0 aliphatic carbocycles. The fourth-order valence-corrected chi connectivity index (χ4v) is 1.10. The van der Waals surface area contributed by atoms with Gasteiger partial charge in [-0.2, -0.15) is 0 Å². The Hall–Kier alpha value is -1.43. The molecule has 1 saturated heterocycles. The maximum Gasteiger partial charge on any atom is 0.330 e. The van der Waals surface area contributed by atoms with Crippen LogP contribution in [-0.2, 0) is 14.3 Å². The summed E-state index contributed by atoms with van der Waals surface area (Å²) in [6.45, 7) is 2.83. The van der Waals surface area contributed by atoms with Gasteiger partial charge in [-0.1, -0.05) is 0 Å². The minimum Gasteiger partial charge on any atom is -0.380 e. The number of hydrogen-bond donors (Lipinski definition) is 1. The third-order valence-corrected chi connectivity index (χ3v) is 1.77. The standard InChI is InChI=1S/C8H12N2O4/c1-2-14-4-3-10-7(12)5-6(11)9-8(10)13/h2-5H2,1H3,(H,9,11,13). The zero-order valence-electron chi connectivity index (χ0n) is 7.91. The van der Waals surface area contributed by atoms with E-state index in [1.165, 1.54) is 0 Å². The predicted octanol–water partition coefficient (Wildman–Crippen LogP) is -0.509. The van der Waals surface area contributed by atoms with E-state index in [2.05, 4.69) is 5.32 Å². The highest BCUT2D eigenvalue weighted by molar-refractivity contribution is 6.14. The summed E-state index contributed by atoms with van der Waals surface area (Å²) in [5.41, 5.74) is 0. The van der Waals surface area contributed by atoms with E-state index in [9.17, 15) is 14.4 Å². The Kier molecular flexibility index (Phi) is 3.58. The maximum absolute atomic E-state index is 11.2. The van der Waals surface area contributed by atoms with E-state index in [0.29, 0.717) is 13.2 Å². The number of carbonyl (C=O) groups excluding carboxylic acids is 3. The topological polar surface area (TPSA) is 75.7 Å². The molecule has 1 aliphatic heterocycles. The lowest BCUT2D eigenvalue weighted by molar-refractivity contribution is -0.136. The van der Waals surface area contributed by atoms with Gasteiger partial charge in [0.15, 0.2) is 0 Å². The van der Waals surface area contributed by atoms with E-state index in [4.69, 9.17) is 4.74 Å². The fourth-order valence-electron chi connectivity index (χ4n) is 1.10. The quantitative estimate of drug-likeness (QED) is 0.490. The van der Waals surface area contributed by atoms with Gasteiger partial charge in [0, 0.05) is 6.61 Å². The number of barbiturate groups is 1. The van der Waals surface area contributed by atoms with Crippen LogP contribution in [0.2, 0.25) is 0 Å². The number of rotatable bonds is 4. The van der Waals surface area contributed by atoms with Crippen LogP contribution in [0, 0.1) is 0 Å². The van der Waals surface area contributed by atoms with Crippen molar-refractivity contribution in [1.82, 2.24) is 10.2 Å². The number of ether oxygens (including phenoxy) is 1. The third-order valence-electron chi connectivity index (χ3n) is 1.77. The number of urea groups is 1. The van der Waals surface area contributed by atoms with E-state index in [1.54, 1.807) is 0 Å². The highest BCUT2D eigenvalue weighted by atomic mass is 16.5. The molecule has 1 fully saturated rings. The molecule has 0 bridgehead atoms. The van der Waals surface area contributed by atoms with Gasteiger partial charge >= 0.3 is 6.03 Å². The Balaban J connectivity index is 2.46. The van der Waals surface area contributed by atoms with Gasteiger partial charge in [0.1, 0.15) is 6.42 Å². The van der Waals surface area contributed by atoms with Crippen LogP contribution in [0.1, 0.15) is 13.3 Å². The first-order valence-electron chi connectivity index (χ1n) is 4.37. The largest absolute Gasteiger partial charge is 0.380 e. The molecule has 0 aromatic heterocycles. The first kappa shape index (κ1) is 10.6. The third kappa shape index (κ3) is 2.53. The molecule has 0 unspecified atom stereocenters. The molecular formula is C8H12N2O4. The van der Waals surface area contributed by atoms with Gasteiger partial charge in [0.2, 0.25) is 11.8 Å². The normalized spacial score (nSPS) is 17.2. The molecule has 6 heteroatoms. The zero-order chi connectivity index (χ0) is 10.6. The summed E-state index contributed by atoms with van der Waals surface area (Å²) in [5.74, 6) is -1.02. The lowest BCUT2D eigenvalue weighted by Gasteiger charge is -2.24. The van der Waals surface area contributed by atoms with Crippen LogP contribution >= 0.6 is 0 Å². The lowest BCUT2D eigenvalue weighted by atomic mass is 10.3. The molecule has 0 radical (unpaired) electrons. The van der Waals surface area contributed by atoms with Crippen molar-refractivity contribution in [3.05, 3.63) is 0 Å². The van der Waals surface area contributed by atoms with E-state index in [0.717, 1.165) is 4.90 Å². The van der Waals surface area contributed by atoms with Crippen molar-refractivity contribution in [1.29, 1.82) is 0 Å². The van der Waals surface area contributed by atoms with Crippen molar-refractivity contribution in [3.8, 4) is 0 Å². The van der Waals surface area contributed by atoms with Crippen LogP contribution in [0.4, 0.5) is 4.79 Å². The highest BCUT2D eigenvalue weighted by Gasteiger charge is 2.29. The van der Waals surface area contributed by atoms with Crippen LogP contribution < -0.4 is 5.32 Å². The van der Waals surface area contributed by atoms with Gasteiger partial charge in [0.05, 0.1) is 13.2 Å². The van der Waals surface area contributed by atoms with Crippen LogP contribution in [0.25, 0.3) is 0 Å². The van der Waals surface area contributed by atoms with Crippen LogP contribution in [0.3, 0.4) is 0 Å². The van der Waals surface area contributed by atoms with Crippen molar-refractivity contribution in [2.24, 2.45) is 0 Å². The van der Waals surface area contributed by atoms with Crippen molar-refractivity contribution >= 4 is 17.8 Å². The van der Waals surface area contributed by atoms with Crippen molar-refractivity contribution < 1.29 is 19.1 Å². The molecule has 0 saturated carbocycles. The number of nitrogens with one attached hydrogen (secondary N) is 1. The molecule has 78 valence electrons. The molecule has 4 amide bonds. The number of amides is 4. The zero-order valence-corrected chi connectivity index (χ0v) is 7.91. The van der Waals surface area contributed by atoms with Crippen LogP contribution in [0.5, 0.6) is 0 Å². The molecule has 0 aromatic carbocycles. The van der Waals surface area contributed by atoms with Crippen LogP contribution in [0.15, 0.2) is 0 Å². The van der Waals surface area contributed by atoms with Crippen molar-refractivity contribution in [2.45, 2.75) is 13.3 Å². The van der Waals surface area contributed by atoms with Gasteiger partial charge in [-0.15, -0.1) is 0 Å². The van der Waals surface area contributed by atoms with Crippen molar-refractivity contribution in [3.63, 3.8) is 0 Å². The van der Waals surface area contributed by atoms with E-state index < -0.39 is 17.8 Å². The van der Waals surface area contributed by atoms with Gasteiger partial charge < -0.3 is 4.74 Å². The Morgan fingerprint density at radius 2 is 2.14 bits per heavy atom. The van der Waals surface area contributed by atoms with E-state index in [-0.39, 0.29) is 13.0 Å². The van der Waals surface area contributed by atoms with Crippen molar-refractivity contribution in [2.75, 3.05) is 19.8 Å². The summed E-state index contributed by atoms with van der Waals surface area (Å²) in [6, 6.07) is -0.661. The molecular weight excluding hydrogens is 188 g/mol. The number of imide groups is 2.